The summed E-state index contributed by atoms with van der Waals surface area (Å²) in [6, 6.07) is 12.4. The van der Waals surface area contributed by atoms with Crippen LogP contribution in [-0.4, -0.2) is 26.6 Å². The largest absolute Gasteiger partial charge is 0.481 e. The maximum Gasteiger partial charge on any atom is 0.311 e. The number of carboxylic acid groups (broad SMARTS) is 1. The molecule has 0 spiro atoms. The molecule has 0 aliphatic carbocycles. The lowest BCUT2D eigenvalue weighted by molar-refractivity contribution is -0.139. The zero-order chi connectivity index (χ0) is 19.7. The lowest BCUT2D eigenvalue weighted by Crippen LogP contribution is -2.27. The number of carboxylic acids is 1. The molecule has 2 N–H and O–H groups in total. The molecule has 2 aromatic rings. The van der Waals surface area contributed by atoms with Gasteiger partial charge in [0.25, 0.3) is 0 Å². The van der Waals surface area contributed by atoms with Gasteiger partial charge in [-0.15, -0.1) is 0 Å². The van der Waals surface area contributed by atoms with E-state index in [4.69, 9.17) is 0 Å². The quantitative estimate of drug-likeness (QED) is 0.414. The lowest BCUT2D eigenvalue weighted by atomic mass is 9.93. The van der Waals surface area contributed by atoms with Crippen LogP contribution in [0, 0.1) is 0 Å². The summed E-state index contributed by atoms with van der Waals surface area (Å²) in [7, 11) is -3.76. The lowest BCUT2D eigenvalue weighted by Gasteiger charge is -2.29. The summed E-state index contributed by atoms with van der Waals surface area (Å²) in [4.78, 5) is 27.0. The molecule has 0 aliphatic heterocycles. The van der Waals surface area contributed by atoms with Crippen LogP contribution in [0.3, 0.4) is 0 Å². The van der Waals surface area contributed by atoms with Crippen molar-refractivity contribution in [1.29, 1.82) is 0 Å². The van der Waals surface area contributed by atoms with E-state index in [0.29, 0.717) is 12.0 Å². The van der Waals surface area contributed by atoms with E-state index >= 15 is 0 Å². The molecule has 1 heterocycles. The first kappa shape index (κ1) is 21.3. The standard InChI is InChI=1S/C21H28NO4P/c1-2-3-4-8-13-19(20(21(23)24)18-12-9-14-22-15-18)27(25,26)16-17-10-6-5-7-11-17/h5-7,9-12,14-15,19-20H,2-4,8,13,16H2,1H3,(H,23,24)(H,25,26). The number of pyridine rings is 1. The van der Waals surface area contributed by atoms with E-state index < -0.39 is 24.9 Å². The summed E-state index contributed by atoms with van der Waals surface area (Å²) in [5, 5.41) is 9.87. The van der Waals surface area contributed by atoms with Gasteiger partial charge in [0, 0.05) is 18.6 Å². The van der Waals surface area contributed by atoms with Gasteiger partial charge in [-0.1, -0.05) is 69.0 Å². The zero-order valence-corrected chi connectivity index (χ0v) is 16.6. The van der Waals surface area contributed by atoms with Gasteiger partial charge in [0.2, 0.25) is 7.37 Å². The Morgan fingerprint density at radius 2 is 1.85 bits per heavy atom. The fraction of sp³-hybridized carbons (Fsp3) is 0.429. The Labute approximate surface area is 160 Å². The molecule has 6 heteroatoms. The molecule has 3 unspecified atom stereocenters. The molecule has 0 radical (unpaired) electrons. The molecule has 0 aliphatic rings. The van der Waals surface area contributed by atoms with Crippen molar-refractivity contribution >= 4 is 13.3 Å². The van der Waals surface area contributed by atoms with Gasteiger partial charge in [0.05, 0.1) is 11.6 Å². The van der Waals surface area contributed by atoms with Crippen LogP contribution in [-0.2, 0) is 15.5 Å². The van der Waals surface area contributed by atoms with Gasteiger partial charge >= 0.3 is 5.97 Å². The summed E-state index contributed by atoms with van der Waals surface area (Å²) >= 11 is 0. The highest BCUT2D eigenvalue weighted by atomic mass is 31.2. The number of hydrogen-bond donors (Lipinski definition) is 2. The van der Waals surface area contributed by atoms with Crippen LogP contribution in [0.2, 0.25) is 0 Å². The summed E-state index contributed by atoms with van der Waals surface area (Å²) in [6.45, 7) is 2.10. The van der Waals surface area contributed by atoms with E-state index in [0.717, 1.165) is 31.2 Å². The Morgan fingerprint density at radius 3 is 2.44 bits per heavy atom. The van der Waals surface area contributed by atoms with Gasteiger partial charge < -0.3 is 10.00 Å². The van der Waals surface area contributed by atoms with Gasteiger partial charge in [-0.25, -0.2) is 0 Å². The summed E-state index contributed by atoms with van der Waals surface area (Å²) < 4.78 is 13.3. The minimum Gasteiger partial charge on any atom is -0.481 e. The molecule has 146 valence electrons. The van der Waals surface area contributed by atoms with Crippen molar-refractivity contribution in [1.82, 2.24) is 4.98 Å². The highest BCUT2D eigenvalue weighted by Gasteiger charge is 2.41. The van der Waals surface area contributed by atoms with Gasteiger partial charge in [-0.05, 0) is 23.6 Å². The summed E-state index contributed by atoms with van der Waals surface area (Å²) in [5.74, 6) is -2.12. The summed E-state index contributed by atoms with van der Waals surface area (Å²) in [6.07, 6.45) is 7.20. The van der Waals surface area contributed by atoms with E-state index in [2.05, 4.69) is 11.9 Å². The number of nitrogens with zero attached hydrogens (tertiary/aromatic N) is 1. The Balaban J connectivity index is 2.33. The smallest absolute Gasteiger partial charge is 0.311 e. The summed E-state index contributed by atoms with van der Waals surface area (Å²) in [5.41, 5.74) is 0.390. The molecule has 5 nitrogen and oxygen atoms in total. The molecular formula is C21H28NO4P. The number of aromatic nitrogens is 1. The normalized spacial score (nSPS) is 15.6. The second kappa shape index (κ2) is 10.4. The van der Waals surface area contributed by atoms with E-state index in [1.807, 2.05) is 18.2 Å². The third-order valence-corrected chi connectivity index (χ3v) is 7.23. The third kappa shape index (κ3) is 6.30. The van der Waals surface area contributed by atoms with Crippen LogP contribution in [0.4, 0.5) is 0 Å². The highest BCUT2D eigenvalue weighted by Crippen LogP contribution is 2.56. The maximum atomic E-state index is 13.3. The van der Waals surface area contributed by atoms with Crippen molar-refractivity contribution in [3.8, 4) is 0 Å². The predicted molar refractivity (Wildman–Crippen MR) is 107 cm³/mol. The second-order valence-corrected chi connectivity index (χ2v) is 9.41. The fourth-order valence-corrected chi connectivity index (χ4v) is 5.75. The first-order chi connectivity index (χ1) is 13.0. The molecule has 27 heavy (non-hydrogen) atoms. The number of unbranched alkanes of at least 4 members (excludes halogenated alkanes) is 3. The van der Waals surface area contributed by atoms with Crippen molar-refractivity contribution in [2.45, 2.75) is 56.8 Å². The van der Waals surface area contributed by atoms with Crippen LogP contribution >= 0.6 is 7.37 Å². The number of rotatable bonds is 11. The van der Waals surface area contributed by atoms with E-state index in [-0.39, 0.29) is 6.16 Å². The van der Waals surface area contributed by atoms with Crippen molar-refractivity contribution in [2.24, 2.45) is 0 Å². The SMILES string of the molecule is CCCCCCC(C(C(=O)O)c1cccnc1)P(=O)(O)Cc1ccccc1. The first-order valence-corrected chi connectivity index (χ1v) is 11.3. The molecule has 0 bridgehead atoms. The molecule has 0 amide bonds. The van der Waals surface area contributed by atoms with Crippen LogP contribution in [0.1, 0.15) is 56.1 Å². The molecule has 3 atom stereocenters. The molecular weight excluding hydrogens is 361 g/mol. The molecule has 0 saturated carbocycles. The predicted octanol–water partition coefficient (Wildman–Crippen LogP) is 5.06. The molecule has 1 aromatic carbocycles. The van der Waals surface area contributed by atoms with Gasteiger partial charge in [-0.3, -0.25) is 14.3 Å². The van der Waals surface area contributed by atoms with E-state index in [1.165, 1.54) is 6.20 Å². The van der Waals surface area contributed by atoms with E-state index in [1.54, 1.807) is 30.5 Å². The Hall–Kier alpha value is -1.97. The molecule has 0 fully saturated rings. The topological polar surface area (TPSA) is 87.5 Å². The van der Waals surface area contributed by atoms with Crippen LogP contribution in [0.25, 0.3) is 0 Å². The number of aliphatic carboxylic acids is 1. The van der Waals surface area contributed by atoms with Crippen molar-refractivity contribution in [3.05, 3.63) is 66.0 Å². The molecule has 2 rings (SSSR count). The fourth-order valence-electron chi connectivity index (χ4n) is 3.43. The van der Waals surface area contributed by atoms with Crippen LogP contribution in [0.15, 0.2) is 54.9 Å². The van der Waals surface area contributed by atoms with Crippen molar-refractivity contribution < 1.29 is 19.4 Å². The van der Waals surface area contributed by atoms with Gasteiger partial charge in [0.1, 0.15) is 0 Å². The van der Waals surface area contributed by atoms with Crippen molar-refractivity contribution in [3.63, 3.8) is 0 Å². The van der Waals surface area contributed by atoms with Crippen molar-refractivity contribution in [2.75, 3.05) is 0 Å². The van der Waals surface area contributed by atoms with Crippen LogP contribution < -0.4 is 0 Å². The van der Waals surface area contributed by atoms with Gasteiger partial charge in [-0.2, -0.15) is 0 Å². The Kier molecular flexibility index (Phi) is 8.21. The van der Waals surface area contributed by atoms with Crippen LogP contribution in [0.5, 0.6) is 0 Å². The molecule has 0 saturated heterocycles. The second-order valence-electron chi connectivity index (χ2n) is 6.92. The first-order valence-electron chi connectivity index (χ1n) is 9.44. The minimum atomic E-state index is -3.76. The van der Waals surface area contributed by atoms with E-state index in [9.17, 15) is 19.4 Å². The average molecular weight is 389 g/mol. The highest BCUT2D eigenvalue weighted by molar-refractivity contribution is 7.58. The minimum absolute atomic E-state index is 0.0175. The number of hydrogen-bond acceptors (Lipinski definition) is 3. The zero-order valence-electron chi connectivity index (χ0n) is 15.7. The van der Waals surface area contributed by atoms with Gasteiger partial charge in [0.15, 0.2) is 0 Å². The molecule has 1 aromatic heterocycles. The number of carbonyl (C=O) groups is 1. The third-order valence-electron chi connectivity index (χ3n) is 4.82. The maximum absolute atomic E-state index is 13.3. The number of benzene rings is 1. The Bertz CT molecular complexity index is 751. The average Bonchev–Trinajstić information content (AvgIpc) is 2.65. The Morgan fingerprint density at radius 1 is 1.11 bits per heavy atom. The monoisotopic (exact) mass is 389 g/mol.